The van der Waals surface area contributed by atoms with E-state index in [0.29, 0.717) is 32.2 Å². The molecule has 1 N–H and O–H groups in total. The summed E-state index contributed by atoms with van der Waals surface area (Å²) >= 11 is 0. The van der Waals surface area contributed by atoms with Gasteiger partial charge in [0.1, 0.15) is 11.6 Å². The van der Waals surface area contributed by atoms with Crippen molar-refractivity contribution in [3.63, 3.8) is 0 Å². The first kappa shape index (κ1) is 19.5. The minimum atomic E-state index is -0.894. The largest absolute Gasteiger partial charge is 0.481 e. The maximum absolute atomic E-state index is 11.8. The maximum atomic E-state index is 11.8. The highest BCUT2D eigenvalue weighted by molar-refractivity contribution is 5.82. The van der Waals surface area contributed by atoms with E-state index in [9.17, 15) is 19.2 Å². The van der Waals surface area contributed by atoms with Crippen molar-refractivity contribution in [3.05, 3.63) is 35.4 Å². The predicted octanol–water partition coefficient (Wildman–Crippen LogP) is 2.12. The van der Waals surface area contributed by atoms with Gasteiger partial charge in [0.2, 0.25) is 0 Å². The average Bonchev–Trinajstić information content (AvgIpc) is 2.53. The second kappa shape index (κ2) is 11.1. The van der Waals surface area contributed by atoms with Crippen LogP contribution in [0.4, 0.5) is 0 Å². The minimum absolute atomic E-state index is 0.00464. The summed E-state index contributed by atoms with van der Waals surface area (Å²) in [6.45, 7) is 0.615. The summed E-state index contributed by atoms with van der Waals surface area (Å²) in [5, 5.41) is 8.54. The lowest BCUT2D eigenvalue weighted by Crippen LogP contribution is -2.06. The highest BCUT2D eigenvalue weighted by Gasteiger charge is 2.07. The van der Waals surface area contributed by atoms with Crippen molar-refractivity contribution in [2.45, 2.75) is 44.9 Å². The van der Waals surface area contributed by atoms with Gasteiger partial charge in [-0.25, -0.2) is 0 Å². The standard InChI is InChI=1S/C18H22O6/c19-13-24-10-2-4-17(21)12-15-8-6-14(7-9-15)11-16(20)3-1-5-18(22)23/h6-9,13H,1-5,10-12H2,(H,22,23). The molecular formula is C18H22O6. The predicted molar refractivity (Wildman–Crippen MR) is 86.6 cm³/mol. The molecule has 6 heteroatoms. The van der Waals surface area contributed by atoms with Gasteiger partial charge in [-0.05, 0) is 24.0 Å². The Bertz CT molecular complexity index is 561. The van der Waals surface area contributed by atoms with Crippen LogP contribution in [0.15, 0.2) is 24.3 Å². The topological polar surface area (TPSA) is 97.7 Å². The molecule has 0 aliphatic heterocycles. The summed E-state index contributed by atoms with van der Waals surface area (Å²) in [6.07, 6.45) is 2.08. The number of Topliss-reactive ketones (excluding diaryl/α,β-unsaturated/α-hetero) is 2. The van der Waals surface area contributed by atoms with Crippen LogP contribution in [0, 0.1) is 0 Å². The number of ether oxygens (including phenoxy) is 1. The van der Waals surface area contributed by atoms with Crippen molar-refractivity contribution in [3.8, 4) is 0 Å². The van der Waals surface area contributed by atoms with Crippen molar-refractivity contribution < 1.29 is 29.0 Å². The van der Waals surface area contributed by atoms with Crippen LogP contribution in [0.5, 0.6) is 0 Å². The first-order chi connectivity index (χ1) is 11.5. The minimum Gasteiger partial charge on any atom is -0.481 e. The van der Waals surface area contributed by atoms with Gasteiger partial charge >= 0.3 is 5.97 Å². The fourth-order valence-electron chi connectivity index (χ4n) is 2.24. The molecule has 0 heterocycles. The molecular weight excluding hydrogens is 312 g/mol. The SMILES string of the molecule is O=COCCCC(=O)Cc1ccc(CC(=O)CCCC(=O)O)cc1. The first-order valence-corrected chi connectivity index (χ1v) is 7.89. The Labute approximate surface area is 140 Å². The molecule has 24 heavy (non-hydrogen) atoms. The molecule has 0 aliphatic carbocycles. The van der Waals surface area contributed by atoms with Crippen LogP contribution in [0.1, 0.15) is 43.2 Å². The van der Waals surface area contributed by atoms with Crippen LogP contribution >= 0.6 is 0 Å². The molecule has 0 spiro atoms. The Kier molecular flexibility index (Phi) is 9.04. The quantitative estimate of drug-likeness (QED) is 0.438. The number of aliphatic carboxylic acids is 1. The van der Waals surface area contributed by atoms with E-state index in [-0.39, 0.29) is 37.4 Å². The molecule has 0 saturated carbocycles. The molecule has 1 aromatic carbocycles. The number of carbonyl (C=O) groups excluding carboxylic acids is 3. The van der Waals surface area contributed by atoms with Gasteiger partial charge in [-0.15, -0.1) is 0 Å². The molecule has 130 valence electrons. The summed E-state index contributed by atoms with van der Waals surface area (Å²) in [5.41, 5.74) is 1.73. The molecule has 0 bridgehead atoms. The second-order valence-electron chi connectivity index (χ2n) is 5.57. The van der Waals surface area contributed by atoms with Gasteiger partial charge in [0.05, 0.1) is 6.61 Å². The highest BCUT2D eigenvalue weighted by atomic mass is 16.5. The van der Waals surface area contributed by atoms with Crippen molar-refractivity contribution in [2.24, 2.45) is 0 Å². The molecule has 0 amide bonds. The summed E-state index contributed by atoms with van der Waals surface area (Å²) in [4.78, 5) is 43.9. The Morgan fingerprint density at radius 1 is 0.875 bits per heavy atom. The third-order valence-corrected chi connectivity index (χ3v) is 3.46. The molecule has 6 nitrogen and oxygen atoms in total. The Morgan fingerprint density at radius 2 is 1.38 bits per heavy atom. The third-order valence-electron chi connectivity index (χ3n) is 3.46. The summed E-state index contributed by atoms with van der Waals surface area (Å²) < 4.78 is 4.53. The second-order valence-corrected chi connectivity index (χ2v) is 5.57. The average molecular weight is 334 g/mol. The lowest BCUT2D eigenvalue weighted by atomic mass is 10.0. The van der Waals surface area contributed by atoms with E-state index in [1.165, 1.54) is 0 Å². The molecule has 0 unspecified atom stereocenters. The number of hydrogen-bond donors (Lipinski definition) is 1. The Balaban J connectivity index is 2.34. The fraction of sp³-hybridized carbons (Fsp3) is 0.444. The van der Waals surface area contributed by atoms with E-state index in [4.69, 9.17) is 5.11 Å². The summed E-state index contributed by atoms with van der Waals surface area (Å²) in [6, 6.07) is 7.26. The zero-order valence-electron chi connectivity index (χ0n) is 13.5. The van der Waals surface area contributed by atoms with Gasteiger partial charge < -0.3 is 9.84 Å². The Hall–Kier alpha value is -2.50. The van der Waals surface area contributed by atoms with Crippen LogP contribution in [0.3, 0.4) is 0 Å². The molecule has 0 aromatic heterocycles. The lowest BCUT2D eigenvalue weighted by molar-refractivity contribution is -0.137. The van der Waals surface area contributed by atoms with E-state index in [0.717, 1.165) is 11.1 Å². The summed E-state index contributed by atoms with van der Waals surface area (Å²) in [5.74, 6) is -0.813. The monoisotopic (exact) mass is 334 g/mol. The molecule has 1 rings (SSSR count). The number of rotatable bonds is 13. The van der Waals surface area contributed by atoms with E-state index >= 15 is 0 Å². The van der Waals surface area contributed by atoms with Crippen molar-refractivity contribution in [2.75, 3.05) is 6.61 Å². The molecule has 0 fully saturated rings. The highest BCUT2D eigenvalue weighted by Crippen LogP contribution is 2.10. The lowest BCUT2D eigenvalue weighted by Gasteiger charge is -2.04. The number of carboxylic acids is 1. The Morgan fingerprint density at radius 3 is 1.83 bits per heavy atom. The van der Waals surface area contributed by atoms with Crippen molar-refractivity contribution >= 4 is 24.0 Å². The smallest absolute Gasteiger partial charge is 0.303 e. The molecule has 0 saturated heterocycles. The van der Waals surface area contributed by atoms with Crippen LogP contribution < -0.4 is 0 Å². The molecule has 0 radical (unpaired) electrons. The van der Waals surface area contributed by atoms with E-state index in [2.05, 4.69) is 4.74 Å². The fourth-order valence-corrected chi connectivity index (χ4v) is 2.24. The molecule has 0 aliphatic rings. The zero-order valence-corrected chi connectivity index (χ0v) is 13.5. The van der Waals surface area contributed by atoms with Crippen molar-refractivity contribution in [1.29, 1.82) is 0 Å². The number of benzene rings is 1. The van der Waals surface area contributed by atoms with Crippen LogP contribution in [0.25, 0.3) is 0 Å². The van der Waals surface area contributed by atoms with Crippen LogP contribution in [-0.2, 0) is 36.8 Å². The number of ketones is 2. The summed E-state index contributed by atoms with van der Waals surface area (Å²) in [7, 11) is 0. The normalized spacial score (nSPS) is 10.2. The maximum Gasteiger partial charge on any atom is 0.303 e. The van der Waals surface area contributed by atoms with Crippen LogP contribution in [0.2, 0.25) is 0 Å². The van der Waals surface area contributed by atoms with Gasteiger partial charge in [-0.1, -0.05) is 24.3 Å². The van der Waals surface area contributed by atoms with Crippen LogP contribution in [-0.4, -0.2) is 35.7 Å². The molecule has 1 aromatic rings. The first-order valence-electron chi connectivity index (χ1n) is 7.89. The van der Waals surface area contributed by atoms with E-state index in [1.807, 2.05) is 24.3 Å². The number of carbonyl (C=O) groups is 4. The molecule has 0 atom stereocenters. The third kappa shape index (κ3) is 8.82. The van der Waals surface area contributed by atoms with Gasteiger partial charge in [0.25, 0.3) is 6.47 Å². The van der Waals surface area contributed by atoms with E-state index in [1.54, 1.807) is 0 Å². The van der Waals surface area contributed by atoms with Gasteiger partial charge in [-0.3, -0.25) is 19.2 Å². The zero-order chi connectivity index (χ0) is 17.8. The number of carboxylic acid groups (broad SMARTS) is 1. The van der Waals surface area contributed by atoms with Gasteiger partial charge in [0.15, 0.2) is 0 Å². The van der Waals surface area contributed by atoms with Crippen molar-refractivity contribution in [1.82, 2.24) is 0 Å². The van der Waals surface area contributed by atoms with E-state index < -0.39 is 5.97 Å². The van der Waals surface area contributed by atoms with Gasteiger partial charge in [-0.2, -0.15) is 0 Å². The van der Waals surface area contributed by atoms with Gasteiger partial charge in [0, 0.05) is 32.1 Å². The number of hydrogen-bond acceptors (Lipinski definition) is 5.